The van der Waals surface area contributed by atoms with Crippen molar-refractivity contribution in [1.82, 2.24) is 15.1 Å². The minimum absolute atomic E-state index is 0.134. The summed E-state index contributed by atoms with van der Waals surface area (Å²) in [7, 11) is 1.67. The van der Waals surface area contributed by atoms with E-state index in [1.54, 1.807) is 7.11 Å². The molecule has 5 heteroatoms. The number of aromatic nitrogens is 2. The number of rotatable bonds is 8. The lowest BCUT2D eigenvalue weighted by Gasteiger charge is -2.21. The third-order valence-corrected chi connectivity index (χ3v) is 3.45. The van der Waals surface area contributed by atoms with Crippen LogP contribution in [-0.2, 0) is 4.74 Å². The Morgan fingerprint density at radius 1 is 1.33 bits per heavy atom. The van der Waals surface area contributed by atoms with Crippen LogP contribution in [0.15, 0.2) is 42.7 Å². The van der Waals surface area contributed by atoms with Crippen LogP contribution in [0.5, 0.6) is 0 Å². The first-order valence-electron chi connectivity index (χ1n) is 7.20. The van der Waals surface area contributed by atoms with Gasteiger partial charge in [0.1, 0.15) is 0 Å². The van der Waals surface area contributed by atoms with Gasteiger partial charge in [0.05, 0.1) is 18.5 Å². The van der Waals surface area contributed by atoms with Gasteiger partial charge in [-0.05, 0) is 25.5 Å². The van der Waals surface area contributed by atoms with Gasteiger partial charge in [-0.2, -0.15) is 5.10 Å². The highest BCUT2D eigenvalue weighted by Crippen LogP contribution is 2.15. The first-order valence-corrected chi connectivity index (χ1v) is 7.20. The maximum atomic E-state index is 9.09. The molecule has 0 aliphatic carbocycles. The van der Waals surface area contributed by atoms with E-state index in [0.717, 1.165) is 11.3 Å². The van der Waals surface area contributed by atoms with E-state index in [4.69, 9.17) is 9.84 Å². The summed E-state index contributed by atoms with van der Waals surface area (Å²) >= 11 is 0. The standard InChI is InChI=1S/C16H23N3O2/c1-13(18-15(8-9-20)12-21-2)14-10-17-19(11-14)16-6-4-3-5-7-16/h3-7,10-11,13,15,18,20H,8-9,12H2,1-2H3. The maximum absolute atomic E-state index is 9.09. The van der Waals surface area contributed by atoms with Crippen molar-refractivity contribution in [3.8, 4) is 5.69 Å². The molecule has 1 aromatic heterocycles. The molecule has 0 radical (unpaired) electrons. The van der Waals surface area contributed by atoms with Crippen LogP contribution < -0.4 is 5.32 Å². The summed E-state index contributed by atoms with van der Waals surface area (Å²) in [5.74, 6) is 0. The summed E-state index contributed by atoms with van der Waals surface area (Å²) in [5.41, 5.74) is 2.15. The van der Waals surface area contributed by atoms with Crippen LogP contribution in [0.2, 0.25) is 0 Å². The second-order valence-corrected chi connectivity index (χ2v) is 5.11. The first-order chi connectivity index (χ1) is 10.2. The third kappa shape index (κ3) is 4.39. The molecule has 0 bridgehead atoms. The van der Waals surface area contributed by atoms with Crippen LogP contribution in [-0.4, -0.2) is 41.3 Å². The Bertz CT molecular complexity index is 521. The predicted molar refractivity (Wildman–Crippen MR) is 82.5 cm³/mol. The number of hydrogen-bond donors (Lipinski definition) is 2. The molecule has 0 aliphatic heterocycles. The Balaban J connectivity index is 2.03. The topological polar surface area (TPSA) is 59.3 Å². The Morgan fingerprint density at radius 3 is 2.76 bits per heavy atom. The monoisotopic (exact) mass is 289 g/mol. The molecule has 0 fully saturated rings. The number of hydrogen-bond acceptors (Lipinski definition) is 4. The van der Waals surface area contributed by atoms with Crippen molar-refractivity contribution in [2.24, 2.45) is 0 Å². The molecular formula is C16H23N3O2. The van der Waals surface area contributed by atoms with Crippen molar-refractivity contribution in [2.75, 3.05) is 20.3 Å². The zero-order valence-electron chi connectivity index (χ0n) is 12.6. The van der Waals surface area contributed by atoms with E-state index in [0.29, 0.717) is 13.0 Å². The van der Waals surface area contributed by atoms with Crippen molar-refractivity contribution >= 4 is 0 Å². The average molecular weight is 289 g/mol. The molecule has 2 rings (SSSR count). The van der Waals surface area contributed by atoms with Crippen LogP contribution in [0, 0.1) is 0 Å². The quantitative estimate of drug-likeness (QED) is 0.779. The number of methoxy groups -OCH3 is 1. The van der Waals surface area contributed by atoms with Gasteiger partial charge in [0.2, 0.25) is 0 Å². The highest BCUT2D eigenvalue weighted by atomic mass is 16.5. The highest BCUT2D eigenvalue weighted by Gasteiger charge is 2.14. The number of aliphatic hydroxyl groups is 1. The van der Waals surface area contributed by atoms with Crippen molar-refractivity contribution in [3.63, 3.8) is 0 Å². The summed E-state index contributed by atoms with van der Waals surface area (Å²) < 4.78 is 7.04. The fraction of sp³-hybridized carbons (Fsp3) is 0.438. The van der Waals surface area contributed by atoms with Crippen LogP contribution in [0.3, 0.4) is 0 Å². The fourth-order valence-electron chi connectivity index (χ4n) is 2.30. The summed E-state index contributed by atoms with van der Waals surface area (Å²) in [4.78, 5) is 0. The average Bonchev–Trinajstić information content (AvgIpc) is 2.98. The number of para-hydroxylation sites is 1. The molecule has 2 N–H and O–H groups in total. The van der Waals surface area contributed by atoms with Gasteiger partial charge in [-0.25, -0.2) is 4.68 Å². The molecule has 21 heavy (non-hydrogen) atoms. The van der Waals surface area contributed by atoms with Crippen LogP contribution in [0.25, 0.3) is 5.69 Å². The number of aliphatic hydroxyl groups excluding tert-OH is 1. The van der Waals surface area contributed by atoms with Crippen LogP contribution in [0.4, 0.5) is 0 Å². The van der Waals surface area contributed by atoms with E-state index in [9.17, 15) is 0 Å². The van der Waals surface area contributed by atoms with Crippen LogP contribution >= 0.6 is 0 Å². The zero-order valence-corrected chi connectivity index (χ0v) is 12.6. The van der Waals surface area contributed by atoms with Gasteiger partial charge in [-0.15, -0.1) is 0 Å². The minimum Gasteiger partial charge on any atom is -0.396 e. The Hall–Kier alpha value is -1.69. The molecule has 114 valence electrons. The molecule has 2 atom stereocenters. The molecular weight excluding hydrogens is 266 g/mol. The van der Waals surface area contributed by atoms with E-state index in [1.165, 1.54) is 0 Å². The van der Waals surface area contributed by atoms with Gasteiger partial charge in [-0.3, -0.25) is 0 Å². The summed E-state index contributed by atoms with van der Waals surface area (Å²) in [5, 5.41) is 17.0. The highest BCUT2D eigenvalue weighted by molar-refractivity contribution is 5.31. The van der Waals surface area contributed by atoms with Gasteiger partial charge in [-0.1, -0.05) is 18.2 Å². The van der Waals surface area contributed by atoms with E-state index in [2.05, 4.69) is 17.3 Å². The molecule has 5 nitrogen and oxygen atoms in total. The molecule has 2 unspecified atom stereocenters. The van der Waals surface area contributed by atoms with Gasteiger partial charge in [0.25, 0.3) is 0 Å². The third-order valence-electron chi connectivity index (χ3n) is 3.45. The zero-order chi connectivity index (χ0) is 15.1. The molecule has 0 aliphatic rings. The van der Waals surface area contributed by atoms with Gasteiger partial charge < -0.3 is 15.2 Å². The Labute approximate surface area is 125 Å². The summed E-state index contributed by atoms with van der Waals surface area (Å²) in [6.45, 7) is 2.82. The molecule has 0 saturated heterocycles. The second kappa shape index (κ2) is 7.93. The number of nitrogens with zero attached hydrogens (tertiary/aromatic N) is 2. The van der Waals surface area contributed by atoms with Crippen molar-refractivity contribution in [3.05, 3.63) is 48.3 Å². The molecule has 1 heterocycles. The fourth-order valence-corrected chi connectivity index (χ4v) is 2.30. The Morgan fingerprint density at radius 2 is 2.10 bits per heavy atom. The van der Waals surface area contributed by atoms with E-state index >= 15 is 0 Å². The smallest absolute Gasteiger partial charge is 0.0645 e. The summed E-state index contributed by atoms with van der Waals surface area (Å²) in [6, 6.07) is 10.3. The van der Waals surface area contributed by atoms with Gasteiger partial charge in [0.15, 0.2) is 0 Å². The molecule has 0 amide bonds. The van der Waals surface area contributed by atoms with Crippen molar-refractivity contribution < 1.29 is 9.84 Å². The maximum Gasteiger partial charge on any atom is 0.0645 e. The molecule has 0 spiro atoms. The molecule has 2 aromatic rings. The second-order valence-electron chi connectivity index (χ2n) is 5.11. The summed E-state index contributed by atoms with van der Waals surface area (Å²) in [6.07, 6.45) is 4.56. The SMILES string of the molecule is COCC(CCO)NC(C)c1cnn(-c2ccccc2)c1. The molecule has 0 saturated carbocycles. The first kappa shape index (κ1) is 15.7. The van der Waals surface area contributed by atoms with Crippen molar-refractivity contribution in [2.45, 2.75) is 25.4 Å². The van der Waals surface area contributed by atoms with Crippen LogP contribution in [0.1, 0.15) is 24.9 Å². The molecule has 1 aromatic carbocycles. The van der Waals surface area contributed by atoms with Gasteiger partial charge in [0, 0.05) is 37.6 Å². The van der Waals surface area contributed by atoms with Crippen molar-refractivity contribution in [1.29, 1.82) is 0 Å². The Kier molecular flexibility index (Phi) is 5.92. The van der Waals surface area contributed by atoms with E-state index in [1.807, 2.05) is 47.4 Å². The normalized spacial score (nSPS) is 14.0. The minimum atomic E-state index is 0.134. The number of benzene rings is 1. The number of nitrogens with one attached hydrogen (secondary N) is 1. The van der Waals surface area contributed by atoms with E-state index in [-0.39, 0.29) is 18.7 Å². The largest absolute Gasteiger partial charge is 0.396 e. The number of ether oxygens (including phenoxy) is 1. The van der Waals surface area contributed by atoms with Gasteiger partial charge >= 0.3 is 0 Å². The van der Waals surface area contributed by atoms with E-state index < -0.39 is 0 Å². The predicted octanol–water partition coefficient (Wildman–Crippen LogP) is 1.92. The lowest BCUT2D eigenvalue weighted by Crippen LogP contribution is -2.35. The lowest BCUT2D eigenvalue weighted by atomic mass is 10.1. The lowest BCUT2D eigenvalue weighted by molar-refractivity contribution is 0.143.